The van der Waals surface area contributed by atoms with Gasteiger partial charge in [0, 0.05) is 46.9 Å². The van der Waals surface area contributed by atoms with Crippen LogP contribution in [0.4, 0.5) is 5.69 Å². The maximum Gasteiger partial charge on any atom is 0.235 e. The van der Waals surface area contributed by atoms with Gasteiger partial charge in [-0.2, -0.15) is 0 Å². The molecule has 0 spiro atoms. The summed E-state index contributed by atoms with van der Waals surface area (Å²) in [5.41, 5.74) is 5.42. The zero-order valence-electron chi connectivity index (χ0n) is 16.9. The van der Waals surface area contributed by atoms with Gasteiger partial charge in [0.25, 0.3) is 0 Å². The number of fused-ring (bicyclic) bond motifs is 2. The number of likely N-dealkylation sites (N-methyl/N-ethyl adjacent to an activating group) is 1. The van der Waals surface area contributed by atoms with Crippen LogP contribution in [0, 0.1) is 5.41 Å². The predicted octanol–water partition coefficient (Wildman–Crippen LogP) is 4.84. The van der Waals surface area contributed by atoms with Gasteiger partial charge in [0.1, 0.15) is 0 Å². The normalized spacial score (nSPS) is 23.6. The first-order valence-corrected chi connectivity index (χ1v) is 10.7. The predicted molar refractivity (Wildman–Crippen MR) is 122 cm³/mol. The fourth-order valence-corrected chi connectivity index (χ4v) is 5.23. The summed E-state index contributed by atoms with van der Waals surface area (Å²) in [5.74, 6) is 0.0312. The maximum absolute atomic E-state index is 13.3. The highest BCUT2D eigenvalue weighted by molar-refractivity contribution is 9.10. The second-order valence-corrected chi connectivity index (χ2v) is 9.49. The third-order valence-corrected chi connectivity index (χ3v) is 6.91. The van der Waals surface area contributed by atoms with Crippen molar-refractivity contribution in [3.8, 4) is 0 Å². The highest BCUT2D eigenvalue weighted by Crippen LogP contribution is 2.44. The molecule has 0 saturated heterocycles. The number of rotatable bonds is 2. The minimum absolute atomic E-state index is 0.0312. The summed E-state index contributed by atoms with van der Waals surface area (Å²) in [6.07, 6.45) is 5.46. The molecule has 0 fully saturated rings. The largest absolute Gasteiger partial charge is 0.350 e. The molecular weight excluding hydrogens is 426 g/mol. The van der Waals surface area contributed by atoms with Crippen LogP contribution in [-0.2, 0) is 18.3 Å². The van der Waals surface area contributed by atoms with Gasteiger partial charge in [0.2, 0.25) is 5.91 Å². The van der Waals surface area contributed by atoms with Crippen molar-refractivity contribution in [1.82, 2.24) is 9.47 Å². The monoisotopic (exact) mass is 449 g/mol. The van der Waals surface area contributed by atoms with Gasteiger partial charge in [0.05, 0.1) is 5.41 Å². The quantitative estimate of drug-likeness (QED) is 0.607. The van der Waals surface area contributed by atoms with Gasteiger partial charge in [-0.3, -0.25) is 9.69 Å². The van der Waals surface area contributed by atoms with Crippen molar-refractivity contribution < 1.29 is 4.79 Å². The number of halogens is 1. The number of carbonyl (C=O) groups is 1. The van der Waals surface area contributed by atoms with Crippen molar-refractivity contribution in [1.29, 1.82) is 0 Å². The molecule has 2 aliphatic rings. The van der Waals surface area contributed by atoms with Gasteiger partial charge in [0.15, 0.2) is 0 Å². The molecule has 5 rings (SSSR count). The zero-order valence-corrected chi connectivity index (χ0v) is 18.5. The lowest BCUT2D eigenvalue weighted by molar-refractivity contribution is -0.123. The third kappa shape index (κ3) is 2.95. The Labute approximate surface area is 179 Å². The Morgan fingerprint density at radius 1 is 1.17 bits per heavy atom. The molecule has 29 heavy (non-hydrogen) atoms. The Morgan fingerprint density at radius 3 is 2.69 bits per heavy atom. The lowest BCUT2D eigenvalue weighted by Crippen LogP contribution is -2.50. The Kier molecular flexibility index (Phi) is 4.23. The molecule has 3 aromatic rings. The number of nitrogens with one attached hydrogen (secondary N) is 1. The Hall–Kier alpha value is -2.37. The second-order valence-electron chi connectivity index (χ2n) is 8.58. The molecule has 2 heterocycles. The molecule has 1 aliphatic carbocycles. The van der Waals surface area contributed by atoms with Gasteiger partial charge >= 0.3 is 0 Å². The number of benzene rings is 2. The Balaban J connectivity index is 1.57. The lowest BCUT2D eigenvalue weighted by Gasteiger charge is -2.43. The fraction of sp³-hybridized carbons (Fsp3) is 0.292. The molecule has 2 aromatic carbocycles. The number of aryl methyl sites for hydroxylation is 1. The summed E-state index contributed by atoms with van der Waals surface area (Å²) in [6, 6.07) is 14.5. The highest BCUT2D eigenvalue weighted by Gasteiger charge is 2.42. The Bertz CT molecular complexity index is 1160. The van der Waals surface area contributed by atoms with Crippen LogP contribution in [0.25, 0.3) is 16.5 Å². The van der Waals surface area contributed by atoms with Gasteiger partial charge in [-0.1, -0.05) is 34.1 Å². The van der Waals surface area contributed by atoms with Crippen molar-refractivity contribution in [3.05, 3.63) is 70.3 Å². The number of anilines is 1. The molecule has 1 aromatic heterocycles. The summed E-state index contributed by atoms with van der Waals surface area (Å²) in [5, 5.41) is 4.44. The highest BCUT2D eigenvalue weighted by atomic mass is 79.9. The molecule has 0 radical (unpaired) electrons. The molecule has 1 aliphatic heterocycles. The summed E-state index contributed by atoms with van der Waals surface area (Å²) < 4.78 is 3.21. The van der Waals surface area contributed by atoms with E-state index in [2.05, 4.69) is 75.3 Å². The summed E-state index contributed by atoms with van der Waals surface area (Å²) in [6.45, 7) is 2.74. The van der Waals surface area contributed by atoms with Crippen LogP contribution in [-0.4, -0.2) is 35.0 Å². The van der Waals surface area contributed by atoms with Crippen LogP contribution in [0.5, 0.6) is 0 Å². The van der Waals surface area contributed by atoms with E-state index in [1.165, 1.54) is 27.6 Å². The molecule has 0 saturated carbocycles. The van der Waals surface area contributed by atoms with Crippen LogP contribution in [0.15, 0.2) is 59.2 Å². The number of hydrogen-bond donors (Lipinski definition) is 1. The molecule has 2 atom stereocenters. The van der Waals surface area contributed by atoms with E-state index in [-0.39, 0.29) is 5.91 Å². The van der Waals surface area contributed by atoms with Crippen molar-refractivity contribution in [2.45, 2.75) is 19.4 Å². The third-order valence-electron chi connectivity index (χ3n) is 6.38. The molecule has 5 heteroatoms. The van der Waals surface area contributed by atoms with Crippen molar-refractivity contribution in [2.75, 3.05) is 18.9 Å². The van der Waals surface area contributed by atoms with E-state index in [1.807, 2.05) is 31.2 Å². The van der Waals surface area contributed by atoms with Crippen LogP contribution in [0.2, 0.25) is 0 Å². The topological polar surface area (TPSA) is 37.3 Å². The minimum atomic E-state index is -0.595. The van der Waals surface area contributed by atoms with E-state index in [4.69, 9.17) is 0 Å². The van der Waals surface area contributed by atoms with Gasteiger partial charge in [-0.05, 0) is 67.4 Å². The fourth-order valence-electron chi connectivity index (χ4n) is 4.96. The number of nitrogens with zero attached hydrogens (tertiary/aromatic N) is 2. The maximum atomic E-state index is 13.3. The number of hydrogen-bond acceptors (Lipinski definition) is 2. The minimum Gasteiger partial charge on any atom is -0.350 e. The first-order valence-electron chi connectivity index (χ1n) is 9.93. The molecule has 1 amide bonds. The van der Waals surface area contributed by atoms with Crippen LogP contribution in [0.3, 0.4) is 0 Å². The zero-order chi connectivity index (χ0) is 20.3. The van der Waals surface area contributed by atoms with Crippen LogP contribution < -0.4 is 5.32 Å². The van der Waals surface area contributed by atoms with E-state index in [0.29, 0.717) is 12.6 Å². The van der Waals surface area contributed by atoms with Gasteiger partial charge in [-0.25, -0.2) is 0 Å². The summed E-state index contributed by atoms with van der Waals surface area (Å²) >= 11 is 3.44. The lowest BCUT2D eigenvalue weighted by atomic mass is 9.74. The number of carbonyl (C=O) groups excluding carboxylic acids is 1. The molecule has 148 valence electrons. The van der Waals surface area contributed by atoms with Gasteiger partial charge < -0.3 is 9.88 Å². The smallest absolute Gasteiger partial charge is 0.235 e. The molecule has 1 N–H and O–H groups in total. The van der Waals surface area contributed by atoms with Crippen LogP contribution >= 0.6 is 15.9 Å². The second kappa shape index (κ2) is 6.57. The Morgan fingerprint density at radius 2 is 1.93 bits per heavy atom. The van der Waals surface area contributed by atoms with E-state index in [9.17, 15) is 4.79 Å². The standard InChI is InChI=1S/C24H24BrN3O/c1-24(23(29)26-17-9-7-16(25)8-10-17)12-19-18-5-4-6-20-22(18)15(13-27(20)2)11-21(19)28(3)14-24/h4-10,12-13,21H,11,14H2,1-3H3,(H,26,29)/t21-,24-/m1/s1. The summed E-state index contributed by atoms with van der Waals surface area (Å²) in [4.78, 5) is 15.6. The van der Waals surface area contributed by atoms with E-state index in [1.54, 1.807) is 0 Å². The van der Waals surface area contributed by atoms with Crippen molar-refractivity contribution in [2.24, 2.45) is 12.5 Å². The van der Waals surface area contributed by atoms with Crippen molar-refractivity contribution >= 4 is 44.0 Å². The van der Waals surface area contributed by atoms with Crippen molar-refractivity contribution in [3.63, 3.8) is 0 Å². The number of aromatic nitrogens is 1. The molecule has 0 bridgehead atoms. The van der Waals surface area contributed by atoms with Gasteiger partial charge in [-0.15, -0.1) is 0 Å². The summed E-state index contributed by atoms with van der Waals surface area (Å²) in [7, 11) is 4.25. The SMILES string of the molecule is CN1C[C@](C)(C(=O)Nc2ccc(Br)cc2)C=C2c3cccc4c3c(cn4C)C[C@H]21. The van der Waals surface area contributed by atoms with E-state index < -0.39 is 5.41 Å². The first kappa shape index (κ1) is 18.6. The van der Waals surface area contributed by atoms with E-state index >= 15 is 0 Å². The number of amides is 1. The molecule has 0 unspecified atom stereocenters. The molecule has 4 nitrogen and oxygen atoms in total. The van der Waals surface area contributed by atoms with Crippen LogP contribution in [0.1, 0.15) is 18.1 Å². The first-order chi connectivity index (χ1) is 13.9. The molecular formula is C24H24BrN3O. The average molecular weight is 450 g/mol. The average Bonchev–Trinajstić information content (AvgIpc) is 3.02. The van der Waals surface area contributed by atoms with E-state index in [0.717, 1.165) is 16.6 Å².